The second-order valence-electron chi connectivity index (χ2n) is 19.4. The molecule has 4 aliphatic rings. The number of aromatic nitrogens is 3. The van der Waals surface area contributed by atoms with Gasteiger partial charge in [0, 0.05) is 98.0 Å². The number of benzene rings is 1. The standard InChI is InChI=1S/C48H63FN8O6/c1-9-56-41-15-12-30-21-35(41)37(43(56)36-25-34(27-50-42(36)29(2)61-8)55-19-17-54(18-20-55)33-13-14-33)26-48(6,7)28-62-45(59)38-11-10-16-57(53-38)44(58)40(52-46(60)63-47(3,4)5)24-32-22-31(49)23-39(30)51-32/h12,15,21-23,25,27,29,33,38,40,53H,9-11,13-14,16-20,24,26,28H2,1-8H3,(H,52,60)/t29-,38-,40-/m0/s1. The molecule has 2 saturated heterocycles. The van der Waals surface area contributed by atoms with Crippen molar-refractivity contribution >= 4 is 34.6 Å². The van der Waals surface area contributed by atoms with Gasteiger partial charge in [0.1, 0.15) is 23.5 Å². The molecule has 0 radical (unpaired) electrons. The lowest BCUT2D eigenvalue weighted by Crippen LogP contribution is -2.60. The molecule has 3 aliphatic heterocycles. The number of cyclic esters (lactones) is 1. The Morgan fingerprint density at radius 3 is 2.52 bits per heavy atom. The predicted molar refractivity (Wildman–Crippen MR) is 239 cm³/mol. The average molecular weight is 867 g/mol. The van der Waals surface area contributed by atoms with Crippen molar-refractivity contribution in [3.63, 3.8) is 0 Å². The number of hydrogen-bond acceptors (Lipinski definition) is 11. The van der Waals surface area contributed by atoms with Crippen LogP contribution in [0.1, 0.15) is 97.2 Å². The van der Waals surface area contributed by atoms with Gasteiger partial charge in [0.25, 0.3) is 5.91 Å². The number of pyridine rings is 2. The number of fused-ring (bicyclic) bond motifs is 6. The third kappa shape index (κ3) is 9.85. The maximum Gasteiger partial charge on any atom is 0.408 e. The molecule has 2 amide bonds. The summed E-state index contributed by atoms with van der Waals surface area (Å²) < 4.78 is 35.7. The Bertz CT molecular complexity index is 2360. The second kappa shape index (κ2) is 17.8. The van der Waals surface area contributed by atoms with E-state index in [1.54, 1.807) is 27.9 Å². The second-order valence-corrected chi connectivity index (χ2v) is 19.4. The molecule has 3 fully saturated rings. The summed E-state index contributed by atoms with van der Waals surface area (Å²) in [4.78, 5) is 56.3. The number of alkyl carbamates (subject to hydrolysis) is 1. The van der Waals surface area contributed by atoms with Crippen LogP contribution in [0.5, 0.6) is 0 Å². The molecule has 3 aromatic heterocycles. The van der Waals surface area contributed by atoms with Gasteiger partial charge in [0.15, 0.2) is 0 Å². The molecule has 3 atom stereocenters. The molecule has 1 saturated carbocycles. The number of esters is 1. The molecule has 1 aromatic carbocycles. The quantitative estimate of drug-likeness (QED) is 0.186. The van der Waals surface area contributed by atoms with Crippen LogP contribution in [-0.4, -0.2) is 113 Å². The van der Waals surface area contributed by atoms with Crippen LogP contribution < -0.4 is 15.6 Å². The normalized spacial score (nSPS) is 21.8. The lowest BCUT2D eigenvalue weighted by Gasteiger charge is -2.36. The number of carbonyl (C=O) groups excluding carboxylic acids is 3. The summed E-state index contributed by atoms with van der Waals surface area (Å²) in [6, 6.07) is 9.76. The van der Waals surface area contributed by atoms with Gasteiger partial charge in [-0.1, -0.05) is 19.9 Å². The van der Waals surface area contributed by atoms with Crippen LogP contribution in [0.2, 0.25) is 0 Å². The topological polar surface area (TPSA) is 143 Å². The molecule has 14 nitrogen and oxygen atoms in total. The Balaban J connectivity index is 1.27. The molecular formula is C48H63FN8O6. The molecule has 0 unspecified atom stereocenters. The molecule has 8 rings (SSSR count). The number of piperazine rings is 1. The van der Waals surface area contributed by atoms with Crippen molar-refractivity contribution in [2.24, 2.45) is 5.41 Å². The first-order chi connectivity index (χ1) is 30.0. The van der Waals surface area contributed by atoms with Crippen molar-refractivity contribution in [2.75, 3.05) is 51.3 Å². The Hall–Kier alpha value is -5.12. The third-order valence-corrected chi connectivity index (χ3v) is 12.7. The van der Waals surface area contributed by atoms with Gasteiger partial charge >= 0.3 is 12.1 Å². The highest BCUT2D eigenvalue weighted by Gasteiger charge is 2.37. The summed E-state index contributed by atoms with van der Waals surface area (Å²) in [6.45, 7) is 18.5. The van der Waals surface area contributed by atoms with Gasteiger partial charge in [-0.2, -0.15) is 0 Å². The summed E-state index contributed by atoms with van der Waals surface area (Å²) in [6.07, 6.45) is 4.82. The monoisotopic (exact) mass is 866 g/mol. The first-order valence-electron chi connectivity index (χ1n) is 22.6. The maximum absolute atomic E-state index is 15.8. The number of hydrazine groups is 1. The highest BCUT2D eigenvalue weighted by molar-refractivity contribution is 5.95. The van der Waals surface area contributed by atoms with Crippen molar-refractivity contribution in [1.82, 2.24) is 35.2 Å². The van der Waals surface area contributed by atoms with Gasteiger partial charge in [-0.25, -0.2) is 14.6 Å². The Morgan fingerprint density at radius 1 is 1.06 bits per heavy atom. The number of ether oxygens (including phenoxy) is 3. The van der Waals surface area contributed by atoms with Crippen LogP contribution in [0.15, 0.2) is 42.6 Å². The molecule has 2 N–H and O–H groups in total. The fourth-order valence-corrected chi connectivity index (χ4v) is 9.31. The Morgan fingerprint density at radius 2 is 1.83 bits per heavy atom. The van der Waals surface area contributed by atoms with Crippen molar-refractivity contribution in [2.45, 2.75) is 123 Å². The maximum atomic E-state index is 15.8. The van der Waals surface area contributed by atoms with Crippen LogP contribution in [-0.2, 0) is 43.2 Å². The number of halogens is 1. The number of hydrogen-bond donors (Lipinski definition) is 2. The third-order valence-electron chi connectivity index (χ3n) is 12.7. The lowest BCUT2D eigenvalue weighted by molar-refractivity contribution is -0.155. The number of methoxy groups -OCH3 is 1. The number of nitrogens with one attached hydrogen (secondary N) is 2. The summed E-state index contributed by atoms with van der Waals surface area (Å²) in [7, 11) is 1.70. The van der Waals surface area contributed by atoms with Gasteiger partial charge in [0.2, 0.25) is 0 Å². The number of carbonyl (C=O) groups is 3. The predicted octanol–water partition coefficient (Wildman–Crippen LogP) is 6.97. The zero-order valence-corrected chi connectivity index (χ0v) is 38.1. The van der Waals surface area contributed by atoms with E-state index in [1.807, 2.05) is 19.2 Å². The molecule has 15 heteroatoms. The lowest BCUT2D eigenvalue weighted by atomic mass is 9.84. The minimum atomic E-state index is -1.19. The zero-order chi connectivity index (χ0) is 44.8. The van der Waals surface area contributed by atoms with E-state index in [2.05, 4.69) is 64.1 Å². The van der Waals surface area contributed by atoms with E-state index in [9.17, 15) is 14.4 Å². The van der Waals surface area contributed by atoms with E-state index in [1.165, 1.54) is 30.0 Å². The van der Waals surface area contributed by atoms with Crippen molar-refractivity contribution in [3.8, 4) is 22.5 Å². The van der Waals surface area contributed by atoms with E-state index >= 15 is 4.39 Å². The van der Waals surface area contributed by atoms with Gasteiger partial charge in [0.05, 0.1) is 41.7 Å². The smallest absolute Gasteiger partial charge is 0.408 e. The molecule has 0 spiro atoms. The van der Waals surface area contributed by atoms with Crippen molar-refractivity contribution in [3.05, 3.63) is 65.4 Å². The fourth-order valence-electron chi connectivity index (χ4n) is 9.31. The van der Waals surface area contributed by atoms with E-state index in [0.717, 1.165) is 71.3 Å². The zero-order valence-electron chi connectivity index (χ0n) is 38.1. The van der Waals surface area contributed by atoms with E-state index in [4.69, 9.17) is 24.2 Å². The Kier molecular flexibility index (Phi) is 12.6. The summed E-state index contributed by atoms with van der Waals surface area (Å²) in [5.41, 5.74) is 8.92. The van der Waals surface area contributed by atoms with Crippen LogP contribution in [0.4, 0.5) is 14.9 Å². The van der Waals surface area contributed by atoms with E-state index in [-0.39, 0.29) is 24.8 Å². The molecule has 63 heavy (non-hydrogen) atoms. The first-order valence-corrected chi connectivity index (χ1v) is 22.6. The number of amides is 2. The summed E-state index contributed by atoms with van der Waals surface area (Å²) in [5, 5.41) is 5.01. The van der Waals surface area contributed by atoms with Crippen molar-refractivity contribution < 1.29 is 33.0 Å². The molecule has 1 aliphatic carbocycles. The number of rotatable bonds is 7. The van der Waals surface area contributed by atoms with Crippen LogP contribution in [0.25, 0.3) is 33.4 Å². The van der Waals surface area contributed by atoms with E-state index < -0.39 is 46.9 Å². The SMILES string of the molecule is CCn1c(-c2cc(N3CCN(C4CC4)CC3)cnc2[C@H](C)OC)c2c3cc(ccc31)-c1cc(F)cc(n1)C[C@H](NC(=O)OC(C)(C)C)C(=O)N1CCC[C@H](N1)C(=O)OCC(C)(C)C2. The van der Waals surface area contributed by atoms with Crippen LogP contribution in [0.3, 0.4) is 0 Å². The van der Waals surface area contributed by atoms with Gasteiger partial charge in [-0.15, -0.1) is 0 Å². The highest BCUT2D eigenvalue weighted by atomic mass is 19.1. The number of aryl methyl sites for hydroxylation is 1. The van der Waals surface area contributed by atoms with Crippen LogP contribution in [0, 0.1) is 11.2 Å². The van der Waals surface area contributed by atoms with E-state index in [0.29, 0.717) is 43.6 Å². The molecule has 6 bridgehead atoms. The Labute approximate surface area is 369 Å². The summed E-state index contributed by atoms with van der Waals surface area (Å²) >= 11 is 0. The number of nitrogens with zero attached hydrogens (tertiary/aromatic N) is 6. The molecular weight excluding hydrogens is 804 g/mol. The minimum absolute atomic E-state index is 0.110. The van der Waals surface area contributed by atoms with Gasteiger partial charge in [-0.3, -0.25) is 29.5 Å². The summed E-state index contributed by atoms with van der Waals surface area (Å²) in [5.74, 6) is -1.50. The largest absolute Gasteiger partial charge is 0.464 e. The van der Waals surface area contributed by atoms with Gasteiger partial charge in [-0.05, 0) is 96.6 Å². The van der Waals surface area contributed by atoms with Gasteiger partial charge < -0.3 is 29.0 Å². The number of anilines is 1. The highest BCUT2D eigenvalue weighted by Crippen LogP contribution is 2.43. The average Bonchev–Trinajstić information content (AvgIpc) is 4.06. The molecule has 6 heterocycles. The first kappa shape index (κ1) is 44.5. The minimum Gasteiger partial charge on any atom is -0.464 e. The van der Waals surface area contributed by atoms with Crippen molar-refractivity contribution in [1.29, 1.82) is 0 Å². The molecule has 4 aromatic rings. The fraction of sp³-hybridized carbons (Fsp3) is 0.562. The molecule has 338 valence electrons. The van der Waals surface area contributed by atoms with Crippen LogP contribution >= 0.6 is 0 Å².